The van der Waals surface area contributed by atoms with Crippen LogP contribution in [-0.4, -0.2) is 26.6 Å². The summed E-state index contributed by atoms with van der Waals surface area (Å²) in [6.45, 7) is 0. The summed E-state index contributed by atoms with van der Waals surface area (Å²) in [6.07, 6.45) is 0. The molecular weight excluding hydrogens is 400 g/mol. The minimum Gasteiger partial charge on any atom is -0.320 e. The van der Waals surface area contributed by atoms with Gasteiger partial charge in [0, 0.05) is 17.0 Å². The van der Waals surface area contributed by atoms with E-state index < -0.39 is 4.92 Å². The Morgan fingerprint density at radius 1 is 0.933 bits per heavy atom. The molecule has 0 saturated heterocycles. The number of nitrogens with zero attached hydrogens (tertiary/aromatic N) is 3. The van der Waals surface area contributed by atoms with E-state index in [9.17, 15) is 14.9 Å². The smallest absolute Gasteiger partial charge is 0.292 e. The number of hydrogen-bond acceptors (Lipinski definition) is 6. The molecule has 1 amide bonds. The number of carbonyl (C=O) groups is 1. The van der Waals surface area contributed by atoms with Crippen molar-refractivity contribution in [2.75, 3.05) is 11.1 Å². The van der Waals surface area contributed by atoms with E-state index >= 15 is 0 Å². The van der Waals surface area contributed by atoms with Crippen LogP contribution in [0.1, 0.15) is 0 Å². The molecule has 1 aromatic heterocycles. The maximum absolute atomic E-state index is 12.5. The molecule has 0 atom stereocenters. The minimum atomic E-state index is -0.521. The molecule has 0 unspecified atom stereocenters. The van der Waals surface area contributed by atoms with Gasteiger partial charge in [0.25, 0.3) is 5.69 Å². The number of thioether (sulfide) groups is 1. The molecule has 8 heteroatoms. The average Bonchev–Trinajstić information content (AvgIpc) is 2.78. The van der Waals surface area contributed by atoms with E-state index in [1.165, 1.54) is 23.9 Å². The summed E-state index contributed by atoms with van der Waals surface area (Å²) >= 11 is 1.27. The summed E-state index contributed by atoms with van der Waals surface area (Å²) in [4.78, 5) is 32.4. The van der Waals surface area contributed by atoms with Gasteiger partial charge in [-0.15, -0.1) is 0 Å². The summed E-state index contributed by atoms with van der Waals surface area (Å²) in [7, 11) is 0. The molecule has 0 saturated carbocycles. The molecule has 0 aliphatic rings. The molecule has 4 rings (SSSR count). The Balaban J connectivity index is 1.58. The van der Waals surface area contributed by atoms with Gasteiger partial charge in [0.2, 0.25) is 5.91 Å². The second kappa shape index (κ2) is 8.71. The number of fused-ring (bicyclic) bond motifs is 1. The van der Waals surface area contributed by atoms with E-state index in [4.69, 9.17) is 0 Å². The number of carbonyl (C=O) groups excluding carboxylic acids is 1. The SMILES string of the molecule is O=C(CSc1nc(-c2ccccc2)nc2ccccc12)Nc1ccccc1[N+](=O)[O-]. The fraction of sp³-hybridized carbons (Fsp3) is 0.0455. The van der Waals surface area contributed by atoms with E-state index in [0.29, 0.717) is 10.9 Å². The number of nitro groups is 1. The first-order valence-electron chi connectivity index (χ1n) is 9.10. The van der Waals surface area contributed by atoms with Crippen LogP contribution in [0.2, 0.25) is 0 Å². The first-order valence-corrected chi connectivity index (χ1v) is 10.1. The van der Waals surface area contributed by atoms with Crippen LogP contribution in [0.15, 0.2) is 83.9 Å². The quantitative estimate of drug-likeness (QED) is 0.207. The normalized spacial score (nSPS) is 10.7. The van der Waals surface area contributed by atoms with Gasteiger partial charge in [-0.25, -0.2) is 9.97 Å². The zero-order chi connectivity index (χ0) is 20.9. The van der Waals surface area contributed by atoms with E-state index in [1.54, 1.807) is 12.1 Å². The highest BCUT2D eigenvalue weighted by Crippen LogP contribution is 2.29. The topological polar surface area (TPSA) is 98.0 Å². The molecule has 1 heterocycles. The molecule has 4 aromatic rings. The van der Waals surface area contributed by atoms with Crippen LogP contribution >= 0.6 is 11.8 Å². The maximum atomic E-state index is 12.5. The zero-order valence-electron chi connectivity index (χ0n) is 15.7. The Labute approximate surface area is 176 Å². The third kappa shape index (κ3) is 4.28. The standard InChI is InChI=1S/C22H16N4O3S/c27-20(23-18-12-6-7-13-19(18)26(28)29)14-30-22-16-10-4-5-11-17(16)24-21(25-22)15-8-2-1-3-9-15/h1-13H,14H2,(H,23,27). The van der Waals surface area contributed by atoms with Crippen molar-refractivity contribution in [3.63, 3.8) is 0 Å². The number of nitrogens with one attached hydrogen (secondary N) is 1. The predicted molar refractivity (Wildman–Crippen MR) is 117 cm³/mol. The van der Waals surface area contributed by atoms with Crippen molar-refractivity contribution in [3.05, 3.63) is 89.0 Å². The molecule has 7 nitrogen and oxygen atoms in total. The van der Waals surface area contributed by atoms with E-state index in [1.807, 2.05) is 54.6 Å². The number of anilines is 1. The van der Waals surface area contributed by atoms with Gasteiger partial charge in [-0.3, -0.25) is 14.9 Å². The Hall–Kier alpha value is -3.78. The van der Waals surface area contributed by atoms with Crippen LogP contribution in [0.4, 0.5) is 11.4 Å². The number of amides is 1. The molecule has 0 aliphatic carbocycles. The first-order chi connectivity index (χ1) is 14.6. The van der Waals surface area contributed by atoms with Gasteiger partial charge in [0.15, 0.2) is 5.82 Å². The second-order valence-corrected chi connectivity index (χ2v) is 7.31. The van der Waals surface area contributed by atoms with Crippen LogP contribution in [0.5, 0.6) is 0 Å². The van der Waals surface area contributed by atoms with Gasteiger partial charge in [0.05, 0.1) is 16.2 Å². The summed E-state index contributed by atoms with van der Waals surface area (Å²) in [5, 5.41) is 15.3. The number of rotatable bonds is 6. The van der Waals surface area contributed by atoms with E-state index in [0.717, 1.165) is 16.5 Å². The van der Waals surface area contributed by atoms with Crippen LogP contribution in [0.25, 0.3) is 22.3 Å². The Morgan fingerprint density at radius 3 is 2.43 bits per heavy atom. The van der Waals surface area contributed by atoms with E-state index in [2.05, 4.69) is 15.3 Å². The van der Waals surface area contributed by atoms with Crippen molar-refractivity contribution in [2.45, 2.75) is 5.03 Å². The Morgan fingerprint density at radius 2 is 1.63 bits per heavy atom. The van der Waals surface area contributed by atoms with Gasteiger partial charge in [-0.2, -0.15) is 0 Å². The van der Waals surface area contributed by atoms with E-state index in [-0.39, 0.29) is 23.0 Å². The lowest BCUT2D eigenvalue weighted by molar-refractivity contribution is -0.383. The van der Waals surface area contributed by atoms with Gasteiger partial charge in [-0.1, -0.05) is 72.4 Å². The monoisotopic (exact) mass is 416 g/mol. The maximum Gasteiger partial charge on any atom is 0.292 e. The minimum absolute atomic E-state index is 0.0568. The lowest BCUT2D eigenvalue weighted by Crippen LogP contribution is -2.15. The van der Waals surface area contributed by atoms with Crippen LogP contribution < -0.4 is 5.32 Å². The Bertz CT molecular complexity index is 1230. The molecule has 0 radical (unpaired) electrons. The summed E-state index contributed by atoms with van der Waals surface area (Å²) < 4.78 is 0. The molecule has 148 valence electrons. The number of para-hydroxylation sites is 3. The van der Waals surface area contributed by atoms with Crippen molar-refractivity contribution in [1.82, 2.24) is 9.97 Å². The van der Waals surface area contributed by atoms with Gasteiger partial charge in [-0.05, 0) is 12.1 Å². The highest BCUT2D eigenvalue weighted by atomic mass is 32.2. The number of benzene rings is 3. The summed E-state index contributed by atoms with van der Waals surface area (Å²) in [5.41, 5.74) is 1.70. The fourth-order valence-corrected chi connectivity index (χ4v) is 3.75. The van der Waals surface area contributed by atoms with Crippen molar-refractivity contribution in [2.24, 2.45) is 0 Å². The zero-order valence-corrected chi connectivity index (χ0v) is 16.5. The van der Waals surface area contributed by atoms with Gasteiger partial charge >= 0.3 is 0 Å². The van der Waals surface area contributed by atoms with Crippen molar-refractivity contribution < 1.29 is 9.72 Å². The largest absolute Gasteiger partial charge is 0.320 e. The van der Waals surface area contributed by atoms with Gasteiger partial charge < -0.3 is 5.32 Å². The molecule has 0 aliphatic heterocycles. The highest BCUT2D eigenvalue weighted by Gasteiger charge is 2.16. The third-order valence-corrected chi connectivity index (χ3v) is 5.31. The molecule has 0 fully saturated rings. The van der Waals surface area contributed by atoms with Crippen LogP contribution in [-0.2, 0) is 4.79 Å². The number of hydrogen-bond donors (Lipinski definition) is 1. The molecule has 0 spiro atoms. The van der Waals surface area contributed by atoms with Crippen molar-refractivity contribution in [1.29, 1.82) is 0 Å². The molecule has 1 N–H and O–H groups in total. The molecule has 30 heavy (non-hydrogen) atoms. The van der Waals surface area contributed by atoms with Gasteiger partial charge in [0.1, 0.15) is 10.7 Å². The fourth-order valence-electron chi connectivity index (χ4n) is 2.93. The molecule has 3 aromatic carbocycles. The summed E-state index contributed by atoms with van der Waals surface area (Å²) in [5.74, 6) is 0.288. The van der Waals surface area contributed by atoms with Crippen molar-refractivity contribution >= 4 is 39.9 Å². The van der Waals surface area contributed by atoms with Crippen molar-refractivity contribution in [3.8, 4) is 11.4 Å². The molecule has 0 bridgehead atoms. The average molecular weight is 416 g/mol. The lowest BCUT2D eigenvalue weighted by Gasteiger charge is -2.09. The highest BCUT2D eigenvalue weighted by molar-refractivity contribution is 8.00. The van der Waals surface area contributed by atoms with Crippen LogP contribution in [0.3, 0.4) is 0 Å². The predicted octanol–water partition coefficient (Wildman–Crippen LogP) is 4.94. The number of nitro benzene ring substituents is 1. The molecular formula is C22H16N4O3S. The number of aromatic nitrogens is 2. The van der Waals surface area contributed by atoms with Crippen LogP contribution in [0, 0.1) is 10.1 Å². The first kappa shape index (κ1) is 19.5. The Kier molecular flexibility index (Phi) is 5.67. The summed E-state index contributed by atoms with van der Waals surface area (Å²) in [6, 6.07) is 23.3. The third-order valence-electron chi connectivity index (χ3n) is 4.32. The second-order valence-electron chi connectivity index (χ2n) is 6.35. The lowest BCUT2D eigenvalue weighted by atomic mass is 10.2.